The summed E-state index contributed by atoms with van der Waals surface area (Å²) in [4.78, 5) is 7.05. The summed E-state index contributed by atoms with van der Waals surface area (Å²) in [7, 11) is 0. The third-order valence-electron chi connectivity index (χ3n) is 4.30. The van der Waals surface area contributed by atoms with Gasteiger partial charge in [-0.3, -0.25) is 0 Å². The lowest BCUT2D eigenvalue weighted by molar-refractivity contribution is 0.238. The smallest absolute Gasteiger partial charge is 0.129 e. The minimum atomic E-state index is 0.523. The first kappa shape index (κ1) is 13.7. The minimum absolute atomic E-state index is 0.523. The van der Waals surface area contributed by atoms with Crippen molar-refractivity contribution in [2.45, 2.75) is 45.9 Å². The van der Waals surface area contributed by atoms with E-state index < -0.39 is 0 Å². The molecule has 0 aliphatic carbocycles. The second-order valence-corrected chi connectivity index (χ2v) is 6.03. The van der Waals surface area contributed by atoms with E-state index in [9.17, 15) is 0 Å². The van der Waals surface area contributed by atoms with E-state index in [2.05, 4.69) is 35.9 Å². The van der Waals surface area contributed by atoms with Gasteiger partial charge in [0.1, 0.15) is 5.82 Å². The number of aromatic nitrogens is 1. The normalized spacial score (nSPS) is 19.0. The summed E-state index contributed by atoms with van der Waals surface area (Å²) in [6, 6.07) is 4.20. The van der Waals surface area contributed by atoms with Crippen molar-refractivity contribution in [2.24, 2.45) is 5.41 Å². The summed E-state index contributed by atoms with van der Waals surface area (Å²) >= 11 is 5.93. The Balaban J connectivity index is 2.12. The molecule has 1 saturated heterocycles. The topological polar surface area (TPSA) is 16.1 Å². The lowest BCUT2D eigenvalue weighted by Gasteiger charge is -2.39. The predicted octanol–water partition coefficient (Wildman–Crippen LogP) is 4.15. The molecule has 0 spiro atoms. The molecule has 100 valence electrons. The fourth-order valence-electron chi connectivity index (χ4n) is 2.59. The van der Waals surface area contributed by atoms with Gasteiger partial charge in [0, 0.05) is 24.7 Å². The van der Waals surface area contributed by atoms with Crippen LogP contribution in [0.1, 0.15) is 44.4 Å². The second kappa shape index (κ2) is 5.48. The number of hydrogen-bond donors (Lipinski definition) is 0. The van der Waals surface area contributed by atoms with Crippen LogP contribution in [0, 0.1) is 12.3 Å². The van der Waals surface area contributed by atoms with Crippen LogP contribution in [-0.4, -0.2) is 18.1 Å². The van der Waals surface area contributed by atoms with Crippen LogP contribution in [0.25, 0.3) is 0 Å². The number of anilines is 1. The van der Waals surface area contributed by atoms with Crippen molar-refractivity contribution in [1.29, 1.82) is 0 Å². The Morgan fingerprint density at radius 3 is 2.56 bits per heavy atom. The first-order valence-corrected chi connectivity index (χ1v) is 7.38. The zero-order valence-corrected chi connectivity index (χ0v) is 12.4. The number of nitrogens with zero attached hydrogens (tertiary/aromatic N) is 2. The van der Waals surface area contributed by atoms with Crippen LogP contribution in [0.15, 0.2) is 12.1 Å². The first-order valence-electron chi connectivity index (χ1n) is 6.85. The molecule has 2 heterocycles. The van der Waals surface area contributed by atoms with Crippen molar-refractivity contribution in [3.05, 3.63) is 23.4 Å². The van der Waals surface area contributed by atoms with E-state index in [1.54, 1.807) is 0 Å². The van der Waals surface area contributed by atoms with E-state index in [0.717, 1.165) is 24.6 Å². The van der Waals surface area contributed by atoms with Crippen LogP contribution in [0.2, 0.25) is 0 Å². The average molecular weight is 267 g/mol. The maximum atomic E-state index is 5.93. The number of piperidine rings is 1. The molecule has 0 radical (unpaired) electrons. The Morgan fingerprint density at radius 2 is 2.00 bits per heavy atom. The van der Waals surface area contributed by atoms with Gasteiger partial charge in [0.05, 0.1) is 0 Å². The highest BCUT2D eigenvalue weighted by Crippen LogP contribution is 2.35. The van der Waals surface area contributed by atoms with E-state index in [0.29, 0.717) is 11.3 Å². The SMILES string of the molecule is CCC1(C)CCN(c2cc(CCl)cc(C)n2)CC1. The van der Waals surface area contributed by atoms with E-state index in [-0.39, 0.29) is 0 Å². The van der Waals surface area contributed by atoms with Gasteiger partial charge in [-0.05, 0) is 42.9 Å². The van der Waals surface area contributed by atoms with Crippen molar-refractivity contribution >= 4 is 17.4 Å². The molecule has 18 heavy (non-hydrogen) atoms. The Bertz CT molecular complexity index is 409. The summed E-state index contributed by atoms with van der Waals surface area (Å²) in [5.41, 5.74) is 2.75. The Hall–Kier alpha value is -0.760. The molecule has 1 aliphatic heterocycles. The van der Waals surface area contributed by atoms with Crippen molar-refractivity contribution in [2.75, 3.05) is 18.0 Å². The van der Waals surface area contributed by atoms with Gasteiger partial charge in [0.25, 0.3) is 0 Å². The highest BCUT2D eigenvalue weighted by atomic mass is 35.5. The molecule has 3 heteroatoms. The highest BCUT2D eigenvalue weighted by Gasteiger charge is 2.28. The summed E-state index contributed by atoms with van der Waals surface area (Å²) in [5, 5.41) is 0. The van der Waals surface area contributed by atoms with Crippen LogP contribution in [0.5, 0.6) is 0 Å². The van der Waals surface area contributed by atoms with E-state index in [1.165, 1.54) is 24.8 Å². The van der Waals surface area contributed by atoms with Crippen LogP contribution in [-0.2, 0) is 5.88 Å². The monoisotopic (exact) mass is 266 g/mol. The van der Waals surface area contributed by atoms with Crippen molar-refractivity contribution in [1.82, 2.24) is 4.98 Å². The molecular weight excluding hydrogens is 244 g/mol. The molecule has 0 bridgehead atoms. The second-order valence-electron chi connectivity index (χ2n) is 5.76. The van der Waals surface area contributed by atoms with Gasteiger partial charge in [0.15, 0.2) is 0 Å². The molecule has 0 atom stereocenters. The number of aryl methyl sites for hydroxylation is 1. The third-order valence-corrected chi connectivity index (χ3v) is 4.61. The van der Waals surface area contributed by atoms with Gasteiger partial charge in [-0.2, -0.15) is 0 Å². The predicted molar refractivity (Wildman–Crippen MR) is 78.4 cm³/mol. The Morgan fingerprint density at radius 1 is 1.33 bits per heavy atom. The standard InChI is InChI=1S/C15H23ClN2/c1-4-15(3)5-7-18(8-6-15)14-10-13(11-16)9-12(2)17-14/h9-10H,4-8,11H2,1-3H3. The summed E-state index contributed by atoms with van der Waals surface area (Å²) in [5.74, 6) is 1.67. The van der Waals surface area contributed by atoms with Crippen molar-refractivity contribution in [3.63, 3.8) is 0 Å². The van der Waals surface area contributed by atoms with Crippen LogP contribution in [0.4, 0.5) is 5.82 Å². The van der Waals surface area contributed by atoms with Gasteiger partial charge in [0.2, 0.25) is 0 Å². The largest absolute Gasteiger partial charge is 0.357 e. The molecule has 0 unspecified atom stereocenters. The van der Waals surface area contributed by atoms with Gasteiger partial charge in [-0.25, -0.2) is 4.98 Å². The number of alkyl halides is 1. The number of pyridine rings is 1. The van der Waals surface area contributed by atoms with Crippen LogP contribution in [0.3, 0.4) is 0 Å². The molecule has 0 amide bonds. The Kier molecular flexibility index (Phi) is 4.16. The van der Waals surface area contributed by atoms with E-state index in [1.807, 2.05) is 6.92 Å². The zero-order valence-electron chi connectivity index (χ0n) is 11.7. The maximum Gasteiger partial charge on any atom is 0.129 e. The molecular formula is C15H23ClN2. The van der Waals surface area contributed by atoms with Gasteiger partial charge in [-0.15, -0.1) is 11.6 Å². The zero-order chi connectivity index (χ0) is 13.2. The summed E-state index contributed by atoms with van der Waals surface area (Å²) in [6.45, 7) is 8.97. The fraction of sp³-hybridized carbons (Fsp3) is 0.667. The third kappa shape index (κ3) is 2.97. The first-order chi connectivity index (χ1) is 8.56. The van der Waals surface area contributed by atoms with E-state index >= 15 is 0 Å². The molecule has 0 aromatic carbocycles. The molecule has 1 aromatic rings. The average Bonchev–Trinajstić information content (AvgIpc) is 2.39. The Labute approximate surface area is 115 Å². The van der Waals surface area contributed by atoms with Gasteiger partial charge < -0.3 is 4.90 Å². The van der Waals surface area contributed by atoms with Crippen LogP contribution >= 0.6 is 11.6 Å². The number of hydrogen-bond acceptors (Lipinski definition) is 2. The highest BCUT2D eigenvalue weighted by molar-refractivity contribution is 6.17. The van der Waals surface area contributed by atoms with Crippen molar-refractivity contribution < 1.29 is 0 Å². The lowest BCUT2D eigenvalue weighted by Crippen LogP contribution is -2.38. The van der Waals surface area contributed by atoms with Gasteiger partial charge >= 0.3 is 0 Å². The van der Waals surface area contributed by atoms with Crippen molar-refractivity contribution in [3.8, 4) is 0 Å². The van der Waals surface area contributed by atoms with Gasteiger partial charge in [-0.1, -0.05) is 20.3 Å². The molecule has 1 fully saturated rings. The maximum absolute atomic E-state index is 5.93. The molecule has 1 aliphatic rings. The molecule has 1 aromatic heterocycles. The molecule has 0 N–H and O–H groups in total. The number of halogens is 1. The minimum Gasteiger partial charge on any atom is -0.357 e. The molecule has 2 rings (SSSR count). The quantitative estimate of drug-likeness (QED) is 0.765. The number of rotatable bonds is 3. The van der Waals surface area contributed by atoms with Crippen LogP contribution < -0.4 is 4.90 Å². The summed E-state index contributed by atoms with van der Waals surface area (Å²) < 4.78 is 0. The lowest BCUT2D eigenvalue weighted by atomic mass is 9.78. The fourth-order valence-corrected chi connectivity index (χ4v) is 2.74. The van der Waals surface area contributed by atoms with E-state index in [4.69, 9.17) is 11.6 Å². The molecule has 2 nitrogen and oxygen atoms in total. The summed E-state index contributed by atoms with van der Waals surface area (Å²) in [6.07, 6.45) is 3.79. The molecule has 0 saturated carbocycles.